The summed E-state index contributed by atoms with van der Waals surface area (Å²) < 4.78 is 52.5. The Kier molecular flexibility index (Phi) is 12.3. The molecule has 6 nitrogen and oxygen atoms in total. The molecule has 33 heavy (non-hydrogen) atoms. The highest BCUT2D eigenvalue weighted by Gasteiger charge is 2.43. The first-order valence-electron chi connectivity index (χ1n) is 11.4. The van der Waals surface area contributed by atoms with Crippen LogP contribution < -0.4 is 10.4 Å². The number of unbranched alkanes of at least 4 members (excludes halogenated alkanes) is 5. The van der Waals surface area contributed by atoms with Gasteiger partial charge in [-0.2, -0.15) is 18.2 Å². The van der Waals surface area contributed by atoms with Gasteiger partial charge in [0.15, 0.2) is 0 Å². The zero-order chi connectivity index (χ0) is 25.1. The lowest BCUT2D eigenvalue weighted by Crippen LogP contribution is -2.35. The number of carbonyl (C=O) groups excluding carboxylic acids is 1. The van der Waals surface area contributed by atoms with Crippen LogP contribution in [-0.4, -0.2) is 35.1 Å². The molecule has 1 aromatic heterocycles. The molecule has 1 heterocycles. The highest BCUT2D eigenvalue weighted by atomic mass is 32.2. The topological polar surface area (TPSA) is 78.6 Å². The fourth-order valence-corrected chi connectivity index (χ4v) is 3.98. The Morgan fingerprint density at radius 3 is 2.42 bits per heavy atom. The maximum Gasteiger partial charge on any atom is 0.490 e. The van der Waals surface area contributed by atoms with Gasteiger partial charge in [0.25, 0.3) is 0 Å². The standard InChI is InChI=1S/C23H36F3NO5S/c1-6-7-8-9-10-11-14-30-21-27-18(17(3)19(28)31-21)33-15-16(2)12-13-22(4,5)32-20(29)23(24,25)26/h16H,6-15H2,1-5H3. The first kappa shape index (κ1) is 29.3. The van der Waals surface area contributed by atoms with Gasteiger partial charge >= 0.3 is 23.8 Å². The SMILES string of the molecule is CCCCCCCCOc1nc(SCC(C)CCC(C)(C)OC(=O)C(F)(F)F)c(C)c(=O)o1. The van der Waals surface area contributed by atoms with Gasteiger partial charge in [0.1, 0.15) is 10.6 Å². The van der Waals surface area contributed by atoms with Crippen molar-refractivity contribution in [2.45, 2.75) is 103 Å². The largest absolute Gasteiger partial charge is 0.490 e. The first-order valence-corrected chi connectivity index (χ1v) is 12.4. The van der Waals surface area contributed by atoms with Crippen LogP contribution in [-0.2, 0) is 9.53 Å². The van der Waals surface area contributed by atoms with Crippen molar-refractivity contribution >= 4 is 17.7 Å². The number of halogens is 3. The minimum atomic E-state index is -5.01. The number of nitrogens with zero attached hydrogens (tertiary/aromatic N) is 1. The third-order valence-corrected chi connectivity index (χ3v) is 6.47. The molecule has 1 rings (SSSR count). The summed E-state index contributed by atoms with van der Waals surface area (Å²) in [6.07, 6.45) is 2.42. The average molecular weight is 496 g/mol. The Balaban J connectivity index is 2.52. The van der Waals surface area contributed by atoms with E-state index in [9.17, 15) is 22.8 Å². The van der Waals surface area contributed by atoms with Crippen molar-refractivity contribution in [2.75, 3.05) is 12.4 Å². The molecule has 0 spiro atoms. The molecule has 0 aliphatic carbocycles. The molecule has 0 N–H and O–H groups in total. The van der Waals surface area contributed by atoms with Crippen LogP contribution in [0.25, 0.3) is 0 Å². The summed E-state index contributed by atoms with van der Waals surface area (Å²) in [6, 6.07) is 0. The maximum atomic E-state index is 12.4. The molecule has 0 radical (unpaired) electrons. The number of esters is 1. The molecule has 1 aromatic rings. The Hall–Kier alpha value is -1.71. The zero-order valence-corrected chi connectivity index (χ0v) is 21.0. The number of alkyl halides is 3. The Bertz CT molecular complexity index is 795. The number of rotatable bonds is 15. The second-order valence-electron chi connectivity index (χ2n) is 8.92. The number of carbonyl (C=O) groups is 1. The lowest BCUT2D eigenvalue weighted by atomic mass is 9.97. The molecule has 0 aromatic carbocycles. The number of ether oxygens (including phenoxy) is 2. The number of thioether (sulfide) groups is 1. The summed E-state index contributed by atoms with van der Waals surface area (Å²) in [6.45, 7) is 9.07. The van der Waals surface area contributed by atoms with Gasteiger partial charge in [-0.25, -0.2) is 9.59 Å². The van der Waals surface area contributed by atoms with E-state index in [0.29, 0.717) is 29.4 Å². The molecular formula is C23H36F3NO5S. The highest BCUT2D eigenvalue weighted by Crippen LogP contribution is 2.28. The van der Waals surface area contributed by atoms with Gasteiger partial charge in [-0.1, -0.05) is 46.0 Å². The Morgan fingerprint density at radius 1 is 1.15 bits per heavy atom. The molecule has 0 saturated heterocycles. The maximum absolute atomic E-state index is 12.4. The van der Waals surface area contributed by atoms with Crippen LogP contribution in [0.15, 0.2) is 14.2 Å². The molecule has 0 fully saturated rings. The summed E-state index contributed by atoms with van der Waals surface area (Å²) in [5, 5.41) is 0.513. The van der Waals surface area contributed by atoms with Crippen molar-refractivity contribution in [1.29, 1.82) is 0 Å². The summed E-state index contributed by atoms with van der Waals surface area (Å²) in [5.41, 5.74) is -1.35. The van der Waals surface area contributed by atoms with Crippen LogP contribution in [0, 0.1) is 12.8 Å². The third kappa shape index (κ3) is 11.8. The van der Waals surface area contributed by atoms with E-state index in [1.54, 1.807) is 6.92 Å². The molecule has 0 saturated carbocycles. The van der Waals surface area contributed by atoms with Crippen LogP contribution in [0.1, 0.15) is 84.6 Å². The van der Waals surface area contributed by atoms with E-state index in [0.717, 1.165) is 19.3 Å². The first-order chi connectivity index (χ1) is 15.4. The third-order valence-electron chi connectivity index (χ3n) is 5.07. The molecule has 1 atom stereocenters. The van der Waals surface area contributed by atoms with Gasteiger partial charge in [0, 0.05) is 5.75 Å². The predicted octanol–water partition coefficient (Wildman–Crippen LogP) is 6.48. The van der Waals surface area contributed by atoms with Gasteiger partial charge in [0.05, 0.1) is 12.2 Å². The van der Waals surface area contributed by atoms with E-state index in [2.05, 4.69) is 16.6 Å². The van der Waals surface area contributed by atoms with Crippen LogP contribution in [0.5, 0.6) is 6.08 Å². The van der Waals surface area contributed by atoms with E-state index in [1.807, 2.05) is 6.92 Å². The molecule has 10 heteroatoms. The van der Waals surface area contributed by atoms with Gasteiger partial charge in [0.2, 0.25) is 0 Å². The molecular weight excluding hydrogens is 459 g/mol. The molecule has 1 unspecified atom stereocenters. The smallest absolute Gasteiger partial charge is 0.453 e. The Labute approximate surface area is 198 Å². The zero-order valence-electron chi connectivity index (χ0n) is 20.2. The van der Waals surface area contributed by atoms with E-state index < -0.39 is 23.4 Å². The minimum absolute atomic E-state index is 0.0468. The van der Waals surface area contributed by atoms with Gasteiger partial charge < -0.3 is 13.9 Å². The van der Waals surface area contributed by atoms with E-state index in [-0.39, 0.29) is 18.4 Å². The van der Waals surface area contributed by atoms with Crippen LogP contribution in [0.2, 0.25) is 0 Å². The fraction of sp³-hybridized carbons (Fsp3) is 0.783. The van der Waals surface area contributed by atoms with Crippen molar-refractivity contribution in [2.24, 2.45) is 5.92 Å². The number of hydrogen-bond acceptors (Lipinski definition) is 7. The van der Waals surface area contributed by atoms with Crippen molar-refractivity contribution in [3.63, 3.8) is 0 Å². The van der Waals surface area contributed by atoms with Gasteiger partial charge in [-0.15, -0.1) is 11.8 Å². The predicted molar refractivity (Wildman–Crippen MR) is 122 cm³/mol. The lowest BCUT2D eigenvalue weighted by Gasteiger charge is -2.27. The Morgan fingerprint density at radius 2 is 1.79 bits per heavy atom. The van der Waals surface area contributed by atoms with Crippen molar-refractivity contribution in [3.05, 3.63) is 16.0 Å². The van der Waals surface area contributed by atoms with Crippen LogP contribution in [0.3, 0.4) is 0 Å². The van der Waals surface area contributed by atoms with Crippen LogP contribution in [0.4, 0.5) is 13.2 Å². The van der Waals surface area contributed by atoms with Gasteiger partial charge in [-0.3, -0.25) is 0 Å². The monoisotopic (exact) mass is 495 g/mol. The van der Waals surface area contributed by atoms with Crippen LogP contribution >= 0.6 is 11.8 Å². The molecule has 0 bridgehead atoms. The van der Waals surface area contributed by atoms with E-state index in [4.69, 9.17) is 9.15 Å². The summed E-state index contributed by atoms with van der Waals surface area (Å²) in [4.78, 5) is 27.5. The highest BCUT2D eigenvalue weighted by molar-refractivity contribution is 7.99. The van der Waals surface area contributed by atoms with E-state index >= 15 is 0 Å². The van der Waals surface area contributed by atoms with Gasteiger partial charge in [-0.05, 0) is 46.0 Å². The van der Waals surface area contributed by atoms with Crippen molar-refractivity contribution in [3.8, 4) is 6.08 Å². The summed E-state index contributed by atoms with van der Waals surface area (Å²) in [7, 11) is 0. The second-order valence-corrected chi connectivity index (χ2v) is 9.92. The minimum Gasteiger partial charge on any atom is -0.453 e. The van der Waals surface area contributed by atoms with Crippen molar-refractivity contribution in [1.82, 2.24) is 4.98 Å². The van der Waals surface area contributed by atoms with E-state index in [1.165, 1.54) is 44.9 Å². The molecule has 0 amide bonds. The number of hydrogen-bond donors (Lipinski definition) is 0. The second kappa shape index (κ2) is 13.9. The average Bonchev–Trinajstić information content (AvgIpc) is 2.72. The molecule has 0 aliphatic heterocycles. The number of aromatic nitrogens is 1. The molecule has 0 aliphatic rings. The lowest BCUT2D eigenvalue weighted by molar-refractivity contribution is -0.212. The molecule has 190 valence electrons. The fourth-order valence-electron chi connectivity index (χ4n) is 2.94. The normalized spacial score (nSPS) is 13.1. The van der Waals surface area contributed by atoms with Crippen molar-refractivity contribution < 1.29 is 31.9 Å². The summed E-state index contributed by atoms with van der Waals surface area (Å²) >= 11 is 1.37. The quantitative estimate of drug-likeness (QED) is 0.157. The summed E-state index contributed by atoms with van der Waals surface area (Å²) in [5.74, 6) is -1.52.